The number of carbonyl (C=O) groups excluding carboxylic acids is 2. The molecule has 0 unspecified atom stereocenters. The first-order valence-electron chi connectivity index (χ1n) is 8.35. The van der Waals surface area contributed by atoms with Gasteiger partial charge in [0.05, 0.1) is 5.75 Å². The Morgan fingerprint density at radius 3 is 2.29 bits per heavy atom. The molecule has 0 spiro atoms. The van der Waals surface area contributed by atoms with Gasteiger partial charge >= 0.3 is 0 Å². The number of thioether (sulfide) groups is 1. The summed E-state index contributed by atoms with van der Waals surface area (Å²) in [4.78, 5) is 25.3. The van der Waals surface area contributed by atoms with E-state index in [0.29, 0.717) is 27.0 Å². The van der Waals surface area contributed by atoms with Crippen LogP contribution in [0.1, 0.15) is 10.4 Å². The van der Waals surface area contributed by atoms with E-state index in [0.717, 1.165) is 4.90 Å². The summed E-state index contributed by atoms with van der Waals surface area (Å²) in [5.41, 5.74) is 1.82. The van der Waals surface area contributed by atoms with Gasteiger partial charge in [0.2, 0.25) is 5.91 Å². The van der Waals surface area contributed by atoms with Crippen molar-refractivity contribution in [1.29, 1.82) is 0 Å². The fourth-order valence-electron chi connectivity index (χ4n) is 2.38. The summed E-state index contributed by atoms with van der Waals surface area (Å²) in [6, 6.07) is 21.0. The molecule has 4 nitrogen and oxygen atoms in total. The Balaban J connectivity index is 1.56. The molecular weight excluding hydrogens is 415 g/mol. The number of amides is 2. The Labute approximate surface area is 177 Å². The Morgan fingerprint density at radius 2 is 1.54 bits per heavy atom. The molecule has 0 radical (unpaired) electrons. The van der Waals surface area contributed by atoms with E-state index in [9.17, 15) is 9.59 Å². The molecule has 7 heteroatoms. The first-order chi connectivity index (χ1) is 13.5. The molecule has 0 aliphatic heterocycles. The molecule has 3 rings (SSSR count). The van der Waals surface area contributed by atoms with Gasteiger partial charge in [-0.2, -0.15) is 0 Å². The van der Waals surface area contributed by atoms with Crippen molar-refractivity contribution >= 4 is 58.2 Å². The van der Waals surface area contributed by atoms with Crippen LogP contribution in [-0.2, 0) is 4.79 Å². The summed E-state index contributed by atoms with van der Waals surface area (Å²) >= 11 is 13.1. The van der Waals surface area contributed by atoms with Gasteiger partial charge in [-0.25, -0.2) is 0 Å². The van der Waals surface area contributed by atoms with Gasteiger partial charge in [0.25, 0.3) is 5.91 Å². The van der Waals surface area contributed by atoms with Gasteiger partial charge < -0.3 is 10.6 Å². The van der Waals surface area contributed by atoms with Crippen LogP contribution in [0.15, 0.2) is 77.7 Å². The third kappa shape index (κ3) is 6.02. The zero-order valence-electron chi connectivity index (χ0n) is 14.6. The number of nitrogens with one attached hydrogen (secondary N) is 2. The second-order valence-electron chi connectivity index (χ2n) is 5.84. The van der Waals surface area contributed by atoms with E-state index < -0.39 is 0 Å². The van der Waals surface area contributed by atoms with Gasteiger partial charge in [-0.1, -0.05) is 35.3 Å². The molecule has 3 aromatic carbocycles. The van der Waals surface area contributed by atoms with Crippen molar-refractivity contribution in [2.45, 2.75) is 4.90 Å². The number of rotatable bonds is 6. The van der Waals surface area contributed by atoms with Gasteiger partial charge in [-0.05, 0) is 60.7 Å². The Hall–Kier alpha value is -2.47. The molecule has 3 aromatic rings. The lowest BCUT2D eigenvalue weighted by Gasteiger charge is -2.08. The molecule has 0 heterocycles. The summed E-state index contributed by atoms with van der Waals surface area (Å²) in [5, 5.41) is 6.77. The van der Waals surface area contributed by atoms with Crippen molar-refractivity contribution in [3.05, 3.63) is 88.4 Å². The van der Waals surface area contributed by atoms with Gasteiger partial charge in [-0.3, -0.25) is 9.59 Å². The molecule has 142 valence electrons. The maximum atomic E-state index is 12.3. The van der Waals surface area contributed by atoms with Crippen molar-refractivity contribution < 1.29 is 9.59 Å². The molecule has 28 heavy (non-hydrogen) atoms. The number of hydrogen-bond donors (Lipinski definition) is 2. The van der Waals surface area contributed by atoms with Crippen molar-refractivity contribution in [1.82, 2.24) is 0 Å². The van der Waals surface area contributed by atoms with Crippen LogP contribution in [-0.4, -0.2) is 17.6 Å². The van der Waals surface area contributed by atoms with E-state index in [1.807, 2.05) is 18.2 Å². The zero-order chi connectivity index (χ0) is 19.9. The summed E-state index contributed by atoms with van der Waals surface area (Å²) in [6.45, 7) is 0. The lowest BCUT2D eigenvalue weighted by Crippen LogP contribution is -2.14. The monoisotopic (exact) mass is 430 g/mol. The molecule has 0 aliphatic carbocycles. The summed E-state index contributed by atoms with van der Waals surface area (Å²) in [7, 11) is 0. The second kappa shape index (κ2) is 9.64. The third-order valence-corrected chi connectivity index (χ3v) is 5.16. The minimum absolute atomic E-state index is 0.124. The number of halogens is 2. The van der Waals surface area contributed by atoms with Crippen LogP contribution in [0.4, 0.5) is 11.4 Å². The summed E-state index contributed by atoms with van der Waals surface area (Å²) in [6.07, 6.45) is 0. The van der Waals surface area contributed by atoms with E-state index in [2.05, 4.69) is 10.6 Å². The van der Waals surface area contributed by atoms with E-state index in [4.69, 9.17) is 23.2 Å². The van der Waals surface area contributed by atoms with Gasteiger partial charge in [-0.15, -0.1) is 11.8 Å². The van der Waals surface area contributed by atoms with Crippen LogP contribution in [0.25, 0.3) is 0 Å². The fourth-order valence-corrected chi connectivity index (χ4v) is 3.45. The average Bonchev–Trinajstić information content (AvgIpc) is 2.68. The SMILES string of the molecule is O=C(CSc1cccc(NC(=O)c2cccc(Cl)c2)c1)Nc1ccc(Cl)cc1. The highest BCUT2D eigenvalue weighted by atomic mass is 35.5. The summed E-state index contributed by atoms with van der Waals surface area (Å²) in [5.74, 6) is -0.125. The molecule has 0 bridgehead atoms. The van der Waals surface area contributed by atoms with E-state index >= 15 is 0 Å². The summed E-state index contributed by atoms with van der Waals surface area (Å²) < 4.78 is 0. The molecule has 0 atom stereocenters. The first-order valence-corrected chi connectivity index (χ1v) is 10.1. The smallest absolute Gasteiger partial charge is 0.255 e. The molecule has 0 aromatic heterocycles. The number of carbonyl (C=O) groups is 2. The number of anilines is 2. The number of benzene rings is 3. The minimum atomic E-state index is -0.245. The lowest BCUT2D eigenvalue weighted by atomic mass is 10.2. The molecule has 2 amide bonds. The highest BCUT2D eigenvalue weighted by molar-refractivity contribution is 8.00. The lowest BCUT2D eigenvalue weighted by molar-refractivity contribution is -0.113. The van der Waals surface area contributed by atoms with Crippen molar-refractivity contribution in [2.24, 2.45) is 0 Å². The maximum absolute atomic E-state index is 12.3. The number of hydrogen-bond acceptors (Lipinski definition) is 3. The van der Waals surface area contributed by atoms with E-state index in [-0.39, 0.29) is 17.6 Å². The van der Waals surface area contributed by atoms with Crippen LogP contribution in [0.2, 0.25) is 10.0 Å². The first kappa shape index (κ1) is 20.3. The quantitative estimate of drug-likeness (QED) is 0.473. The highest BCUT2D eigenvalue weighted by Gasteiger charge is 2.08. The third-order valence-electron chi connectivity index (χ3n) is 3.68. The maximum Gasteiger partial charge on any atom is 0.255 e. The molecule has 0 aliphatic rings. The molecule has 0 saturated heterocycles. The van der Waals surface area contributed by atoms with E-state index in [1.54, 1.807) is 54.6 Å². The normalized spacial score (nSPS) is 10.4. The van der Waals surface area contributed by atoms with Gasteiger partial charge in [0.15, 0.2) is 0 Å². The standard InChI is InChI=1S/C21H16Cl2N2O2S/c22-15-7-9-17(10-8-15)24-20(26)13-28-19-6-2-5-18(12-19)25-21(27)14-3-1-4-16(23)11-14/h1-12H,13H2,(H,24,26)(H,25,27). The van der Waals surface area contributed by atoms with Crippen LogP contribution in [0, 0.1) is 0 Å². The predicted octanol–water partition coefficient (Wildman–Crippen LogP) is 5.98. The van der Waals surface area contributed by atoms with Crippen LogP contribution in [0.3, 0.4) is 0 Å². The van der Waals surface area contributed by atoms with Crippen LogP contribution < -0.4 is 10.6 Å². The van der Waals surface area contributed by atoms with Gasteiger partial charge in [0.1, 0.15) is 0 Å². The fraction of sp³-hybridized carbons (Fsp3) is 0.0476. The molecule has 0 saturated carbocycles. The Bertz CT molecular complexity index is 994. The Morgan fingerprint density at radius 1 is 0.786 bits per heavy atom. The molecule has 0 fully saturated rings. The Kier molecular flexibility index (Phi) is 6.98. The molecular formula is C21H16Cl2N2O2S. The second-order valence-corrected chi connectivity index (χ2v) is 7.76. The highest BCUT2D eigenvalue weighted by Crippen LogP contribution is 2.23. The largest absolute Gasteiger partial charge is 0.325 e. The zero-order valence-corrected chi connectivity index (χ0v) is 16.9. The van der Waals surface area contributed by atoms with Crippen molar-refractivity contribution in [2.75, 3.05) is 16.4 Å². The van der Waals surface area contributed by atoms with Crippen LogP contribution in [0.5, 0.6) is 0 Å². The topological polar surface area (TPSA) is 58.2 Å². The van der Waals surface area contributed by atoms with Crippen molar-refractivity contribution in [3.8, 4) is 0 Å². The predicted molar refractivity (Wildman–Crippen MR) is 117 cm³/mol. The van der Waals surface area contributed by atoms with E-state index in [1.165, 1.54) is 11.8 Å². The van der Waals surface area contributed by atoms with Crippen LogP contribution >= 0.6 is 35.0 Å². The average molecular weight is 431 g/mol. The van der Waals surface area contributed by atoms with Crippen molar-refractivity contribution in [3.63, 3.8) is 0 Å². The van der Waals surface area contributed by atoms with Gasteiger partial charge in [0, 0.05) is 31.9 Å². The molecule has 2 N–H and O–H groups in total. The minimum Gasteiger partial charge on any atom is -0.325 e.